The van der Waals surface area contributed by atoms with Crippen molar-refractivity contribution in [2.45, 2.75) is 51.7 Å². The van der Waals surface area contributed by atoms with Crippen LogP contribution in [0.3, 0.4) is 0 Å². The molecule has 7 nitrogen and oxygen atoms in total. The van der Waals surface area contributed by atoms with Crippen LogP contribution in [0.2, 0.25) is 5.02 Å². The average molecular weight is 413 g/mol. The third-order valence-electron chi connectivity index (χ3n) is 4.36. The Morgan fingerprint density at radius 1 is 1.29 bits per heavy atom. The number of ether oxygens (including phenoxy) is 2. The molecule has 0 atom stereocenters. The van der Waals surface area contributed by atoms with Gasteiger partial charge < -0.3 is 24.8 Å². The molecule has 0 aliphatic carbocycles. The van der Waals surface area contributed by atoms with Gasteiger partial charge in [-0.15, -0.1) is 0 Å². The Kier molecular flexibility index (Phi) is 7.95. The van der Waals surface area contributed by atoms with Crippen LogP contribution in [0.25, 0.3) is 0 Å². The number of carbonyl (C=O) groups excluding carboxylic acids is 2. The molecule has 0 radical (unpaired) electrons. The van der Waals surface area contributed by atoms with Crippen molar-refractivity contribution >= 4 is 23.7 Å². The van der Waals surface area contributed by atoms with E-state index < -0.39 is 5.60 Å². The van der Waals surface area contributed by atoms with E-state index in [1.807, 2.05) is 20.8 Å². The molecule has 1 saturated heterocycles. The number of phenols is 1. The summed E-state index contributed by atoms with van der Waals surface area (Å²) in [7, 11) is 0. The Morgan fingerprint density at radius 2 is 1.96 bits per heavy atom. The molecule has 0 spiro atoms. The lowest BCUT2D eigenvalue weighted by atomic mass is 10.1. The standard InChI is InChI=1S/C20H29ClN2O5/c1-20(2,3)28-19(26)23-9-6-16(7-10-23)22-13-18(25)27-11-8-14-12-15(21)4-5-17(14)24/h4-5,12,16,22,24H,6-11,13H2,1-3H3. The lowest BCUT2D eigenvalue weighted by molar-refractivity contribution is -0.142. The minimum atomic E-state index is -0.502. The number of likely N-dealkylation sites (tertiary alicyclic amines) is 1. The number of benzene rings is 1. The van der Waals surface area contributed by atoms with E-state index in [1.165, 1.54) is 6.07 Å². The number of phenolic OH excluding ortho intramolecular Hbond substituents is 1. The van der Waals surface area contributed by atoms with Crippen LogP contribution in [0, 0.1) is 0 Å². The molecule has 8 heteroatoms. The first kappa shape index (κ1) is 22.3. The quantitative estimate of drug-likeness (QED) is 0.698. The first-order valence-electron chi connectivity index (χ1n) is 9.48. The smallest absolute Gasteiger partial charge is 0.410 e. The molecule has 1 heterocycles. The predicted molar refractivity (Wildman–Crippen MR) is 107 cm³/mol. The van der Waals surface area contributed by atoms with Crippen molar-refractivity contribution in [1.29, 1.82) is 0 Å². The maximum absolute atomic E-state index is 12.0. The summed E-state index contributed by atoms with van der Waals surface area (Å²) < 4.78 is 10.6. The summed E-state index contributed by atoms with van der Waals surface area (Å²) in [5.74, 6) is -0.216. The maximum atomic E-state index is 12.0. The SMILES string of the molecule is CC(C)(C)OC(=O)N1CCC(NCC(=O)OCCc2cc(Cl)ccc2O)CC1. The number of halogens is 1. The van der Waals surface area contributed by atoms with Crippen molar-refractivity contribution < 1.29 is 24.2 Å². The third kappa shape index (κ3) is 7.56. The molecule has 0 aromatic heterocycles. The Morgan fingerprint density at radius 3 is 2.61 bits per heavy atom. The van der Waals surface area contributed by atoms with Gasteiger partial charge in [0.05, 0.1) is 13.2 Å². The van der Waals surface area contributed by atoms with E-state index >= 15 is 0 Å². The molecule has 2 rings (SSSR count). The fraction of sp³-hybridized carbons (Fsp3) is 0.600. The minimum absolute atomic E-state index is 0.110. The number of amides is 1. The minimum Gasteiger partial charge on any atom is -0.508 e. The Balaban J connectivity index is 1.63. The zero-order valence-electron chi connectivity index (χ0n) is 16.7. The van der Waals surface area contributed by atoms with Crippen molar-refractivity contribution in [3.05, 3.63) is 28.8 Å². The molecule has 1 amide bonds. The van der Waals surface area contributed by atoms with Crippen molar-refractivity contribution in [3.8, 4) is 5.75 Å². The largest absolute Gasteiger partial charge is 0.508 e. The van der Waals surface area contributed by atoms with E-state index in [0.29, 0.717) is 30.1 Å². The van der Waals surface area contributed by atoms with E-state index in [1.54, 1.807) is 17.0 Å². The Labute approximate surface area is 170 Å². The number of piperidine rings is 1. The summed E-state index contributed by atoms with van der Waals surface area (Å²) >= 11 is 5.89. The zero-order chi connectivity index (χ0) is 20.7. The second-order valence-corrected chi connectivity index (χ2v) is 8.30. The lowest BCUT2D eigenvalue weighted by Crippen LogP contribution is -2.47. The molecule has 1 aliphatic heterocycles. The van der Waals surface area contributed by atoms with Gasteiger partial charge >= 0.3 is 12.1 Å². The maximum Gasteiger partial charge on any atom is 0.410 e. The van der Waals surface area contributed by atoms with Crippen LogP contribution in [0.5, 0.6) is 5.75 Å². The summed E-state index contributed by atoms with van der Waals surface area (Å²) in [6.07, 6.45) is 1.60. The summed E-state index contributed by atoms with van der Waals surface area (Å²) in [5.41, 5.74) is 0.139. The fourth-order valence-corrected chi connectivity index (χ4v) is 3.10. The molecule has 1 aromatic carbocycles. The number of aromatic hydroxyl groups is 1. The van der Waals surface area contributed by atoms with Crippen LogP contribution in [-0.2, 0) is 20.7 Å². The number of hydrogen-bond donors (Lipinski definition) is 2. The van der Waals surface area contributed by atoms with Crippen molar-refractivity contribution in [2.24, 2.45) is 0 Å². The molecule has 28 heavy (non-hydrogen) atoms. The molecule has 1 aliphatic rings. The summed E-state index contributed by atoms with van der Waals surface area (Å²) in [6, 6.07) is 4.93. The normalized spacial score (nSPS) is 15.4. The van der Waals surface area contributed by atoms with Gasteiger partial charge in [-0.25, -0.2) is 4.79 Å². The van der Waals surface area contributed by atoms with Crippen LogP contribution >= 0.6 is 11.6 Å². The number of nitrogens with zero attached hydrogens (tertiary/aromatic N) is 1. The van der Waals surface area contributed by atoms with Crippen LogP contribution in [0.1, 0.15) is 39.2 Å². The first-order chi connectivity index (χ1) is 13.1. The van der Waals surface area contributed by atoms with Crippen molar-refractivity contribution in [3.63, 3.8) is 0 Å². The number of esters is 1. The van der Waals surface area contributed by atoms with Crippen molar-refractivity contribution in [2.75, 3.05) is 26.2 Å². The highest BCUT2D eigenvalue weighted by Crippen LogP contribution is 2.21. The molecule has 1 fully saturated rings. The molecule has 0 bridgehead atoms. The second-order valence-electron chi connectivity index (χ2n) is 7.87. The van der Waals surface area contributed by atoms with Gasteiger partial charge in [-0.2, -0.15) is 0 Å². The van der Waals surface area contributed by atoms with Gasteiger partial charge in [0.15, 0.2) is 0 Å². The third-order valence-corrected chi connectivity index (χ3v) is 4.59. The van der Waals surface area contributed by atoms with Crippen LogP contribution in [0.15, 0.2) is 18.2 Å². The highest BCUT2D eigenvalue weighted by molar-refractivity contribution is 6.30. The van der Waals surface area contributed by atoms with Gasteiger partial charge in [0.2, 0.25) is 0 Å². The molecule has 0 unspecified atom stereocenters. The van der Waals surface area contributed by atoms with Crippen LogP contribution in [0.4, 0.5) is 4.79 Å². The number of rotatable bonds is 6. The summed E-state index contributed by atoms with van der Waals surface area (Å²) in [5, 5.41) is 13.4. The second kappa shape index (κ2) is 9.98. The fourth-order valence-electron chi connectivity index (χ4n) is 2.90. The molecule has 2 N–H and O–H groups in total. The highest BCUT2D eigenvalue weighted by atomic mass is 35.5. The molecular weight excluding hydrogens is 384 g/mol. The van der Waals surface area contributed by atoms with Crippen molar-refractivity contribution in [1.82, 2.24) is 10.2 Å². The number of hydrogen-bond acceptors (Lipinski definition) is 6. The zero-order valence-corrected chi connectivity index (χ0v) is 17.4. The van der Waals surface area contributed by atoms with Gasteiger partial charge in [-0.1, -0.05) is 11.6 Å². The number of carbonyl (C=O) groups is 2. The van der Waals surface area contributed by atoms with E-state index in [4.69, 9.17) is 21.1 Å². The predicted octanol–water partition coefficient (Wildman–Crippen LogP) is 3.12. The molecule has 1 aromatic rings. The molecule has 0 saturated carbocycles. The van der Waals surface area contributed by atoms with Gasteiger partial charge in [-0.3, -0.25) is 4.79 Å². The summed E-state index contributed by atoms with van der Waals surface area (Å²) in [6.45, 7) is 7.01. The first-order valence-corrected chi connectivity index (χ1v) is 9.86. The number of nitrogens with one attached hydrogen (secondary N) is 1. The Bertz CT molecular complexity index is 682. The summed E-state index contributed by atoms with van der Waals surface area (Å²) in [4.78, 5) is 25.6. The van der Waals surface area contributed by atoms with Crippen LogP contribution in [-0.4, -0.2) is 60.0 Å². The lowest BCUT2D eigenvalue weighted by Gasteiger charge is -2.33. The van der Waals surface area contributed by atoms with E-state index in [9.17, 15) is 14.7 Å². The molecule has 156 valence electrons. The monoisotopic (exact) mass is 412 g/mol. The van der Waals surface area contributed by atoms with E-state index in [0.717, 1.165) is 12.8 Å². The topological polar surface area (TPSA) is 88.1 Å². The van der Waals surface area contributed by atoms with E-state index in [-0.39, 0.29) is 37.0 Å². The van der Waals surface area contributed by atoms with Gasteiger partial charge in [-0.05, 0) is 57.4 Å². The molecular formula is C20H29ClN2O5. The van der Waals surface area contributed by atoms with Crippen LogP contribution < -0.4 is 5.32 Å². The van der Waals surface area contributed by atoms with Gasteiger partial charge in [0.1, 0.15) is 11.4 Å². The highest BCUT2D eigenvalue weighted by Gasteiger charge is 2.26. The van der Waals surface area contributed by atoms with E-state index in [2.05, 4.69) is 5.32 Å². The Hall–Kier alpha value is -1.99. The van der Waals surface area contributed by atoms with Gasteiger partial charge in [0, 0.05) is 30.6 Å². The van der Waals surface area contributed by atoms with Gasteiger partial charge in [0.25, 0.3) is 0 Å². The average Bonchev–Trinajstić information content (AvgIpc) is 2.62.